The molecule has 0 aliphatic heterocycles. The molecular weight excluding hydrogens is 297 g/mol. The summed E-state index contributed by atoms with van der Waals surface area (Å²) in [5.41, 5.74) is 2.08. The number of halogens is 2. The Balaban J connectivity index is 2.27. The standard InChI is InChI=1S/C15H11Cl2NS/c16-13-6-7-14(17)12(8-13)9-15(19-10-18)11-4-2-1-3-5-11/h1-8,15H,9H2/t15-/m0/s1. The van der Waals surface area contributed by atoms with Crippen molar-refractivity contribution in [2.45, 2.75) is 11.7 Å². The first kappa shape index (κ1) is 14.3. The predicted octanol–water partition coefficient (Wildman–Crippen LogP) is 5.49. The van der Waals surface area contributed by atoms with Crippen LogP contribution < -0.4 is 0 Å². The van der Waals surface area contributed by atoms with E-state index in [-0.39, 0.29) is 5.25 Å². The molecule has 1 nitrogen and oxygen atoms in total. The molecule has 0 amide bonds. The van der Waals surface area contributed by atoms with Gasteiger partial charge >= 0.3 is 0 Å². The third-order valence-electron chi connectivity index (χ3n) is 2.78. The van der Waals surface area contributed by atoms with Gasteiger partial charge in [-0.15, -0.1) is 0 Å². The Labute approximate surface area is 127 Å². The second-order valence-corrected chi connectivity index (χ2v) is 5.88. The van der Waals surface area contributed by atoms with E-state index in [0.717, 1.165) is 11.1 Å². The van der Waals surface area contributed by atoms with Gasteiger partial charge in [0.1, 0.15) is 5.40 Å². The highest BCUT2D eigenvalue weighted by atomic mass is 35.5. The number of thioether (sulfide) groups is 1. The van der Waals surface area contributed by atoms with E-state index in [0.29, 0.717) is 16.5 Å². The van der Waals surface area contributed by atoms with Gasteiger partial charge in [-0.05, 0) is 47.5 Å². The maximum Gasteiger partial charge on any atom is 0.133 e. The number of thiocyanates is 1. The summed E-state index contributed by atoms with van der Waals surface area (Å²) in [7, 11) is 0. The van der Waals surface area contributed by atoms with Gasteiger partial charge in [0, 0.05) is 15.3 Å². The maximum atomic E-state index is 8.95. The molecule has 2 aromatic rings. The molecule has 0 aromatic heterocycles. The van der Waals surface area contributed by atoms with E-state index in [2.05, 4.69) is 5.40 Å². The lowest BCUT2D eigenvalue weighted by Gasteiger charge is -2.14. The summed E-state index contributed by atoms with van der Waals surface area (Å²) >= 11 is 13.4. The average Bonchev–Trinajstić information content (AvgIpc) is 2.43. The van der Waals surface area contributed by atoms with Gasteiger partial charge in [-0.2, -0.15) is 5.26 Å². The Hall–Kier alpha value is -1.14. The van der Waals surface area contributed by atoms with Crippen LogP contribution in [0.25, 0.3) is 0 Å². The summed E-state index contributed by atoms with van der Waals surface area (Å²) < 4.78 is 0. The molecular formula is C15H11Cl2NS. The van der Waals surface area contributed by atoms with Crippen molar-refractivity contribution in [3.63, 3.8) is 0 Å². The first-order valence-corrected chi connectivity index (χ1v) is 7.38. The molecule has 0 saturated carbocycles. The SMILES string of the molecule is N#CS[C@@H](Cc1cc(Cl)ccc1Cl)c1ccccc1. The second-order valence-electron chi connectivity index (χ2n) is 4.05. The molecule has 4 heteroatoms. The first-order chi connectivity index (χ1) is 9.20. The van der Waals surface area contributed by atoms with Crippen molar-refractivity contribution in [1.29, 1.82) is 5.26 Å². The Morgan fingerprint density at radius 2 is 1.84 bits per heavy atom. The molecule has 1 atom stereocenters. The van der Waals surface area contributed by atoms with Crippen LogP contribution in [0.5, 0.6) is 0 Å². The molecule has 0 spiro atoms. The highest BCUT2D eigenvalue weighted by Crippen LogP contribution is 2.34. The van der Waals surface area contributed by atoms with Gasteiger partial charge in [0.15, 0.2) is 0 Å². The molecule has 0 saturated heterocycles. The Morgan fingerprint density at radius 1 is 1.11 bits per heavy atom. The third kappa shape index (κ3) is 3.91. The van der Waals surface area contributed by atoms with E-state index in [4.69, 9.17) is 28.5 Å². The van der Waals surface area contributed by atoms with Crippen LogP contribution in [-0.2, 0) is 6.42 Å². The Kier molecular flexibility index (Phi) is 5.15. The van der Waals surface area contributed by atoms with Gasteiger partial charge in [0.2, 0.25) is 0 Å². The summed E-state index contributed by atoms with van der Waals surface area (Å²) in [6.45, 7) is 0. The quantitative estimate of drug-likeness (QED) is 0.697. The molecule has 0 aliphatic rings. The molecule has 0 aliphatic carbocycles. The molecule has 0 heterocycles. The molecule has 2 rings (SSSR count). The summed E-state index contributed by atoms with van der Waals surface area (Å²) in [6.07, 6.45) is 0.682. The number of nitriles is 1. The van der Waals surface area contributed by atoms with Gasteiger partial charge in [-0.1, -0.05) is 53.5 Å². The fourth-order valence-corrected chi connectivity index (χ4v) is 2.93. The molecule has 0 bridgehead atoms. The molecule has 0 unspecified atom stereocenters. The lowest BCUT2D eigenvalue weighted by Crippen LogP contribution is -1.99. The molecule has 2 aromatic carbocycles. The van der Waals surface area contributed by atoms with Crippen molar-refractivity contribution in [1.82, 2.24) is 0 Å². The maximum absolute atomic E-state index is 8.95. The number of hydrogen-bond acceptors (Lipinski definition) is 2. The topological polar surface area (TPSA) is 23.8 Å². The Bertz CT molecular complexity index is 593. The van der Waals surface area contributed by atoms with E-state index in [1.54, 1.807) is 12.1 Å². The zero-order valence-electron chi connectivity index (χ0n) is 10.0. The lowest BCUT2D eigenvalue weighted by atomic mass is 10.0. The van der Waals surface area contributed by atoms with Gasteiger partial charge in [0.25, 0.3) is 0 Å². The van der Waals surface area contributed by atoms with E-state index in [1.807, 2.05) is 36.4 Å². The second kappa shape index (κ2) is 6.86. The molecule has 96 valence electrons. The van der Waals surface area contributed by atoms with E-state index in [1.165, 1.54) is 11.8 Å². The predicted molar refractivity (Wildman–Crippen MR) is 82.6 cm³/mol. The number of nitrogens with zero attached hydrogens (tertiary/aromatic N) is 1. The van der Waals surface area contributed by atoms with Crippen molar-refractivity contribution < 1.29 is 0 Å². The Morgan fingerprint density at radius 3 is 2.53 bits per heavy atom. The number of rotatable bonds is 4. The fraction of sp³-hybridized carbons (Fsp3) is 0.133. The summed E-state index contributed by atoms with van der Waals surface area (Å²) in [5, 5.41) is 12.5. The normalized spacial score (nSPS) is 11.8. The van der Waals surface area contributed by atoms with Crippen molar-refractivity contribution >= 4 is 35.0 Å². The summed E-state index contributed by atoms with van der Waals surface area (Å²) in [6, 6.07) is 15.4. The third-order valence-corrected chi connectivity index (χ3v) is 4.21. The molecule has 0 N–H and O–H groups in total. The van der Waals surface area contributed by atoms with Crippen LogP contribution in [0.15, 0.2) is 48.5 Å². The summed E-state index contributed by atoms with van der Waals surface area (Å²) in [4.78, 5) is 0. The van der Waals surface area contributed by atoms with E-state index < -0.39 is 0 Å². The molecule has 0 fully saturated rings. The number of hydrogen-bond donors (Lipinski definition) is 0. The van der Waals surface area contributed by atoms with E-state index in [9.17, 15) is 0 Å². The van der Waals surface area contributed by atoms with Gasteiger partial charge in [-0.25, -0.2) is 0 Å². The lowest BCUT2D eigenvalue weighted by molar-refractivity contribution is 0.936. The van der Waals surface area contributed by atoms with Gasteiger partial charge in [0.05, 0.1) is 0 Å². The minimum atomic E-state index is 0.0576. The van der Waals surface area contributed by atoms with E-state index >= 15 is 0 Å². The largest absolute Gasteiger partial charge is 0.185 e. The monoisotopic (exact) mass is 307 g/mol. The van der Waals surface area contributed by atoms with Crippen LogP contribution in [0.1, 0.15) is 16.4 Å². The number of benzene rings is 2. The van der Waals surface area contributed by atoms with Crippen molar-refractivity contribution in [3.8, 4) is 5.40 Å². The van der Waals surface area contributed by atoms with Crippen LogP contribution in [0.2, 0.25) is 10.0 Å². The van der Waals surface area contributed by atoms with Crippen molar-refractivity contribution in [3.05, 3.63) is 69.7 Å². The zero-order chi connectivity index (χ0) is 13.7. The van der Waals surface area contributed by atoms with Crippen LogP contribution in [0, 0.1) is 10.7 Å². The minimum Gasteiger partial charge on any atom is -0.185 e. The van der Waals surface area contributed by atoms with Crippen LogP contribution in [0.3, 0.4) is 0 Å². The zero-order valence-corrected chi connectivity index (χ0v) is 12.3. The van der Waals surface area contributed by atoms with Crippen molar-refractivity contribution in [2.24, 2.45) is 0 Å². The fourth-order valence-electron chi connectivity index (χ4n) is 1.86. The van der Waals surface area contributed by atoms with Crippen LogP contribution >= 0.6 is 35.0 Å². The van der Waals surface area contributed by atoms with Crippen LogP contribution in [0.4, 0.5) is 0 Å². The molecule has 0 radical (unpaired) electrons. The van der Waals surface area contributed by atoms with Gasteiger partial charge < -0.3 is 0 Å². The average molecular weight is 308 g/mol. The first-order valence-electron chi connectivity index (χ1n) is 5.74. The molecule has 19 heavy (non-hydrogen) atoms. The highest BCUT2D eigenvalue weighted by molar-refractivity contribution is 8.03. The smallest absolute Gasteiger partial charge is 0.133 e. The highest BCUT2D eigenvalue weighted by Gasteiger charge is 2.15. The van der Waals surface area contributed by atoms with Gasteiger partial charge in [-0.3, -0.25) is 0 Å². The van der Waals surface area contributed by atoms with Crippen LogP contribution in [-0.4, -0.2) is 0 Å². The summed E-state index contributed by atoms with van der Waals surface area (Å²) in [5.74, 6) is 0. The minimum absolute atomic E-state index is 0.0576. The van der Waals surface area contributed by atoms with Crippen molar-refractivity contribution in [2.75, 3.05) is 0 Å².